The van der Waals surface area contributed by atoms with Crippen LogP contribution in [0.5, 0.6) is 0 Å². The molecule has 0 bridgehead atoms. The van der Waals surface area contributed by atoms with Crippen molar-refractivity contribution in [3.8, 4) is 0 Å². The molecule has 1 heterocycles. The van der Waals surface area contributed by atoms with Gasteiger partial charge in [0.25, 0.3) is 0 Å². The molecule has 0 amide bonds. The van der Waals surface area contributed by atoms with Gasteiger partial charge in [0, 0.05) is 38.1 Å². The van der Waals surface area contributed by atoms with Crippen LogP contribution in [0.15, 0.2) is 0 Å². The van der Waals surface area contributed by atoms with Gasteiger partial charge in [-0.2, -0.15) is 0 Å². The predicted molar refractivity (Wildman–Crippen MR) is 79.9 cm³/mol. The first kappa shape index (κ1) is 15.5. The molecule has 1 aliphatic rings. The highest BCUT2D eigenvalue weighted by Gasteiger charge is 2.27. The Morgan fingerprint density at radius 2 is 1.59 bits per heavy atom. The number of alkyl halides is 1. The van der Waals surface area contributed by atoms with Crippen LogP contribution in [0.25, 0.3) is 0 Å². The van der Waals surface area contributed by atoms with Crippen molar-refractivity contribution in [3.63, 3.8) is 0 Å². The summed E-state index contributed by atoms with van der Waals surface area (Å²) >= 11 is 3.68. The highest BCUT2D eigenvalue weighted by molar-refractivity contribution is 9.09. The minimum atomic E-state index is 0.407. The molecule has 3 heteroatoms. The maximum atomic E-state index is 3.68. The highest BCUT2D eigenvalue weighted by Crippen LogP contribution is 2.28. The van der Waals surface area contributed by atoms with Gasteiger partial charge in [0.1, 0.15) is 0 Å². The molecule has 0 spiro atoms. The Bertz CT molecular complexity index is 205. The van der Waals surface area contributed by atoms with E-state index in [0.29, 0.717) is 5.41 Å². The van der Waals surface area contributed by atoms with Gasteiger partial charge < -0.3 is 9.80 Å². The molecule has 0 radical (unpaired) electrons. The smallest absolute Gasteiger partial charge is 0.0110 e. The summed E-state index contributed by atoms with van der Waals surface area (Å²) in [7, 11) is 0. The van der Waals surface area contributed by atoms with Crippen LogP contribution in [-0.4, -0.2) is 54.4 Å². The van der Waals surface area contributed by atoms with Gasteiger partial charge in [0.2, 0.25) is 0 Å². The lowest BCUT2D eigenvalue weighted by Crippen LogP contribution is -2.49. The van der Waals surface area contributed by atoms with Gasteiger partial charge in [-0.3, -0.25) is 0 Å². The highest BCUT2D eigenvalue weighted by atomic mass is 79.9. The summed E-state index contributed by atoms with van der Waals surface area (Å²) in [5, 5.41) is 1.12. The van der Waals surface area contributed by atoms with Crippen molar-refractivity contribution in [1.29, 1.82) is 0 Å². The van der Waals surface area contributed by atoms with Gasteiger partial charge >= 0.3 is 0 Å². The number of piperazine rings is 1. The van der Waals surface area contributed by atoms with Gasteiger partial charge in [-0.25, -0.2) is 0 Å². The molecule has 1 unspecified atom stereocenters. The molecule has 0 aliphatic carbocycles. The van der Waals surface area contributed by atoms with Gasteiger partial charge in [-0.15, -0.1) is 0 Å². The van der Waals surface area contributed by atoms with Gasteiger partial charge in [0.15, 0.2) is 0 Å². The fraction of sp³-hybridized carbons (Fsp3) is 1.00. The summed E-state index contributed by atoms with van der Waals surface area (Å²) < 4.78 is 0. The van der Waals surface area contributed by atoms with E-state index in [1.807, 2.05) is 0 Å². The second kappa shape index (κ2) is 7.10. The van der Waals surface area contributed by atoms with Crippen LogP contribution in [0.4, 0.5) is 0 Å². The van der Waals surface area contributed by atoms with Gasteiger partial charge in [0.05, 0.1) is 0 Å². The van der Waals surface area contributed by atoms with Crippen molar-refractivity contribution in [2.24, 2.45) is 11.3 Å². The molecule has 0 N–H and O–H groups in total. The molecule has 2 nitrogen and oxygen atoms in total. The van der Waals surface area contributed by atoms with Crippen LogP contribution in [0.2, 0.25) is 0 Å². The van der Waals surface area contributed by atoms with Crippen LogP contribution >= 0.6 is 15.9 Å². The fourth-order valence-corrected chi connectivity index (χ4v) is 3.55. The van der Waals surface area contributed by atoms with Gasteiger partial charge in [-0.1, -0.05) is 43.6 Å². The van der Waals surface area contributed by atoms with Crippen molar-refractivity contribution in [2.75, 3.05) is 44.6 Å². The minimum Gasteiger partial charge on any atom is -0.301 e. The lowest BCUT2D eigenvalue weighted by molar-refractivity contribution is 0.0975. The minimum absolute atomic E-state index is 0.407. The zero-order chi connectivity index (χ0) is 12.9. The number of hydrogen-bond acceptors (Lipinski definition) is 2. The summed E-state index contributed by atoms with van der Waals surface area (Å²) in [6.07, 6.45) is 1.28. The van der Waals surface area contributed by atoms with Crippen molar-refractivity contribution in [1.82, 2.24) is 9.80 Å². The summed E-state index contributed by atoms with van der Waals surface area (Å²) in [6, 6.07) is 0. The molecule has 0 aromatic carbocycles. The third-order valence-corrected chi connectivity index (χ3v) is 4.68. The molecule has 1 rings (SSSR count). The Kier molecular flexibility index (Phi) is 6.46. The molecule has 102 valence electrons. The largest absolute Gasteiger partial charge is 0.301 e. The Balaban J connectivity index is 2.34. The van der Waals surface area contributed by atoms with E-state index in [1.54, 1.807) is 0 Å². The first-order valence-electron chi connectivity index (χ1n) is 6.98. The fourth-order valence-electron chi connectivity index (χ4n) is 2.38. The summed E-state index contributed by atoms with van der Waals surface area (Å²) in [5.74, 6) is 0.750. The van der Waals surface area contributed by atoms with Crippen LogP contribution in [0, 0.1) is 11.3 Å². The van der Waals surface area contributed by atoms with E-state index in [9.17, 15) is 0 Å². The summed E-state index contributed by atoms with van der Waals surface area (Å²) in [6.45, 7) is 16.9. The van der Waals surface area contributed by atoms with Crippen LogP contribution in [0.3, 0.4) is 0 Å². The summed E-state index contributed by atoms with van der Waals surface area (Å²) in [4.78, 5) is 5.24. The molecular weight excluding hydrogens is 276 g/mol. The molecule has 0 aromatic heterocycles. The second-order valence-corrected chi connectivity index (χ2v) is 7.01. The van der Waals surface area contributed by atoms with E-state index in [2.05, 4.69) is 53.4 Å². The Hall–Kier alpha value is 0.400. The topological polar surface area (TPSA) is 6.48 Å². The molecule has 0 aromatic rings. The maximum absolute atomic E-state index is 3.68. The molecular formula is C14H29BrN2. The van der Waals surface area contributed by atoms with E-state index < -0.39 is 0 Å². The number of hydrogen-bond donors (Lipinski definition) is 0. The molecule has 1 aliphatic heterocycles. The molecule has 0 saturated carbocycles. The normalized spacial score (nSPS) is 21.7. The zero-order valence-electron chi connectivity index (χ0n) is 12.0. The van der Waals surface area contributed by atoms with E-state index in [1.165, 1.54) is 45.7 Å². The Labute approximate surface area is 116 Å². The third kappa shape index (κ3) is 5.27. The molecule has 1 atom stereocenters. The van der Waals surface area contributed by atoms with Crippen molar-refractivity contribution >= 4 is 15.9 Å². The first-order valence-corrected chi connectivity index (χ1v) is 8.10. The van der Waals surface area contributed by atoms with Crippen molar-refractivity contribution in [3.05, 3.63) is 0 Å². The van der Waals surface area contributed by atoms with Gasteiger partial charge in [-0.05, 0) is 24.3 Å². The molecule has 1 saturated heterocycles. The van der Waals surface area contributed by atoms with E-state index in [0.717, 1.165) is 11.2 Å². The van der Waals surface area contributed by atoms with E-state index >= 15 is 0 Å². The lowest BCUT2D eigenvalue weighted by Gasteiger charge is -2.39. The predicted octanol–water partition coefficient (Wildman–Crippen LogP) is 3.07. The van der Waals surface area contributed by atoms with E-state index in [4.69, 9.17) is 0 Å². The number of halogens is 1. The number of nitrogens with zero attached hydrogens (tertiary/aromatic N) is 2. The standard InChI is InChI=1S/C14H29BrN2/c1-5-6-16-7-9-17(10-8-16)12-13(11-15)14(2,3)4/h13H,5-12H2,1-4H3. The maximum Gasteiger partial charge on any atom is 0.0110 e. The van der Waals surface area contributed by atoms with Crippen LogP contribution < -0.4 is 0 Å². The first-order chi connectivity index (χ1) is 7.97. The SMILES string of the molecule is CCCN1CCN(CC(CBr)C(C)(C)C)CC1. The Morgan fingerprint density at radius 3 is 2.00 bits per heavy atom. The third-order valence-electron chi connectivity index (χ3n) is 3.89. The monoisotopic (exact) mass is 304 g/mol. The van der Waals surface area contributed by atoms with Crippen LogP contribution in [-0.2, 0) is 0 Å². The van der Waals surface area contributed by atoms with Crippen molar-refractivity contribution < 1.29 is 0 Å². The quantitative estimate of drug-likeness (QED) is 0.720. The Morgan fingerprint density at radius 1 is 1.06 bits per heavy atom. The second-order valence-electron chi connectivity index (χ2n) is 6.36. The number of rotatable bonds is 5. The average Bonchev–Trinajstić information content (AvgIpc) is 2.27. The average molecular weight is 305 g/mol. The van der Waals surface area contributed by atoms with Crippen molar-refractivity contribution in [2.45, 2.75) is 34.1 Å². The molecule has 17 heavy (non-hydrogen) atoms. The zero-order valence-corrected chi connectivity index (χ0v) is 13.6. The lowest BCUT2D eigenvalue weighted by atomic mass is 9.81. The van der Waals surface area contributed by atoms with E-state index in [-0.39, 0.29) is 0 Å². The molecule has 1 fully saturated rings. The summed E-state index contributed by atoms with van der Waals surface area (Å²) in [5.41, 5.74) is 0.407. The van der Waals surface area contributed by atoms with Crippen LogP contribution in [0.1, 0.15) is 34.1 Å².